The third kappa shape index (κ3) is 4.98. The summed E-state index contributed by atoms with van der Waals surface area (Å²) in [6.45, 7) is 4.84. The lowest BCUT2D eigenvalue weighted by Gasteiger charge is -2.25. The van der Waals surface area contributed by atoms with E-state index in [0.29, 0.717) is 28.8 Å². The van der Waals surface area contributed by atoms with Crippen LogP contribution in [0, 0.1) is 13.8 Å². The summed E-state index contributed by atoms with van der Waals surface area (Å²) in [6.07, 6.45) is 1.62. The number of benzene rings is 2. The van der Waals surface area contributed by atoms with Crippen LogP contribution in [0.5, 0.6) is 0 Å². The second-order valence-corrected chi connectivity index (χ2v) is 8.35. The zero-order valence-corrected chi connectivity index (χ0v) is 18.8. The number of thiocarbonyl (C=S) groups is 1. The molecule has 0 saturated carbocycles. The minimum Gasteiger partial charge on any atom is -0.467 e. The second kappa shape index (κ2) is 8.96. The van der Waals surface area contributed by atoms with Crippen molar-refractivity contribution in [3.8, 4) is 0 Å². The molecule has 4 aromatic rings. The molecule has 0 atom stereocenters. The molecule has 5 nitrogen and oxygen atoms in total. The maximum atomic E-state index is 12.8. The van der Waals surface area contributed by atoms with E-state index >= 15 is 0 Å². The highest BCUT2D eigenvalue weighted by molar-refractivity contribution is 7.80. The van der Waals surface area contributed by atoms with Crippen LogP contribution in [0.4, 0.5) is 5.69 Å². The molecular weight excluding hydrogens is 430 g/mol. The van der Waals surface area contributed by atoms with Gasteiger partial charge < -0.3 is 19.6 Å². The number of rotatable bonds is 5. The van der Waals surface area contributed by atoms with Crippen molar-refractivity contribution in [3.63, 3.8) is 0 Å². The zero-order chi connectivity index (χ0) is 22.0. The average molecular weight is 452 g/mol. The SMILES string of the molecule is Cc1cc2cc(CN(Cc3ccco3)C(=S)Nc3cccc(Cl)c3)c(=O)[nH]c2cc1C. The van der Waals surface area contributed by atoms with Crippen LogP contribution in [0.25, 0.3) is 10.9 Å². The Bertz CT molecular complexity index is 1300. The number of halogens is 1. The molecule has 0 fully saturated rings. The first-order valence-electron chi connectivity index (χ1n) is 9.86. The van der Waals surface area contributed by atoms with Crippen molar-refractivity contribution in [2.75, 3.05) is 5.32 Å². The van der Waals surface area contributed by atoms with Crippen molar-refractivity contribution in [1.82, 2.24) is 9.88 Å². The maximum Gasteiger partial charge on any atom is 0.253 e. The fourth-order valence-electron chi connectivity index (χ4n) is 3.40. The Morgan fingerprint density at radius 1 is 1.10 bits per heavy atom. The van der Waals surface area contributed by atoms with Crippen molar-refractivity contribution in [2.45, 2.75) is 26.9 Å². The standard InChI is InChI=1S/C24H22ClN3O2S/c1-15-9-17-11-18(23(29)27-22(17)10-16(15)2)13-28(14-21-7-4-8-30-21)24(31)26-20-6-3-5-19(25)12-20/h3-12H,13-14H2,1-2H3,(H,26,31)(H,27,29). The van der Waals surface area contributed by atoms with Crippen LogP contribution in [0.2, 0.25) is 5.02 Å². The van der Waals surface area contributed by atoms with Crippen LogP contribution in [-0.2, 0) is 13.1 Å². The van der Waals surface area contributed by atoms with E-state index in [1.807, 2.05) is 48.2 Å². The summed E-state index contributed by atoms with van der Waals surface area (Å²) < 4.78 is 5.51. The molecule has 158 valence electrons. The lowest BCUT2D eigenvalue weighted by molar-refractivity contribution is 0.359. The molecule has 0 aliphatic rings. The molecule has 0 radical (unpaired) electrons. The predicted molar refractivity (Wildman–Crippen MR) is 130 cm³/mol. The summed E-state index contributed by atoms with van der Waals surface area (Å²) in [5, 5.41) is 5.28. The number of pyridine rings is 1. The van der Waals surface area contributed by atoms with Crippen molar-refractivity contribution < 1.29 is 4.42 Å². The van der Waals surface area contributed by atoms with Gasteiger partial charge in [-0.2, -0.15) is 0 Å². The quantitative estimate of drug-likeness (QED) is 0.376. The molecule has 0 saturated heterocycles. The van der Waals surface area contributed by atoms with Gasteiger partial charge in [-0.3, -0.25) is 4.79 Å². The lowest BCUT2D eigenvalue weighted by Crippen LogP contribution is -2.35. The Kier molecular flexibility index (Phi) is 6.11. The highest BCUT2D eigenvalue weighted by Crippen LogP contribution is 2.20. The predicted octanol–water partition coefficient (Wildman–Crippen LogP) is 5.79. The number of hydrogen-bond acceptors (Lipinski definition) is 3. The number of fused-ring (bicyclic) bond motifs is 1. The van der Waals surface area contributed by atoms with Gasteiger partial charge >= 0.3 is 0 Å². The summed E-state index contributed by atoms with van der Waals surface area (Å²) in [5.41, 5.74) is 4.41. The minimum absolute atomic E-state index is 0.134. The van der Waals surface area contributed by atoms with Gasteiger partial charge in [0.1, 0.15) is 5.76 Å². The third-order valence-electron chi connectivity index (χ3n) is 5.19. The zero-order valence-electron chi connectivity index (χ0n) is 17.2. The number of anilines is 1. The van der Waals surface area contributed by atoms with Gasteiger partial charge in [-0.05, 0) is 91.1 Å². The first-order chi connectivity index (χ1) is 14.9. The molecule has 0 amide bonds. The molecule has 0 spiro atoms. The van der Waals surface area contributed by atoms with Crippen LogP contribution in [0.1, 0.15) is 22.5 Å². The molecule has 31 heavy (non-hydrogen) atoms. The van der Waals surface area contributed by atoms with E-state index in [9.17, 15) is 4.79 Å². The Morgan fingerprint density at radius 2 is 1.90 bits per heavy atom. The maximum absolute atomic E-state index is 12.8. The molecule has 2 aromatic heterocycles. The van der Waals surface area contributed by atoms with Crippen molar-refractivity contribution >= 4 is 45.5 Å². The Morgan fingerprint density at radius 3 is 2.65 bits per heavy atom. The van der Waals surface area contributed by atoms with Crippen molar-refractivity contribution in [2.24, 2.45) is 0 Å². The van der Waals surface area contributed by atoms with Crippen LogP contribution < -0.4 is 10.9 Å². The summed E-state index contributed by atoms with van der Waals surface area (Å²) in [5.74, 6) is 0.749. The van der Waals surface area contributed by atoms with Gasteiger partial charge in [0.2, 0.25) is 0 Å². The van der Waals surface area contributed by atoms with Gasteiger partial charge in [0.15, 0.2) is 5.11 Å². The number of nitrogens with one attached hydrogen (secondary N) is 2. The Balaban J connectivity index is 1.65. The van der Waals surface area contributed by atoms with Crippen LogP contribution in [-0.4, -0.2) is 15.0 Å². The van der Waals surface area contributed by atoms with E-state index in [4.69, 9.17) is 28.2 Å². The van der Waals surface area contributed by atoms with E-state index in [2.05, 4.69) is 23.3 Å². The van der Waals surface area contributed by atoms with E-state index in [1.165, 1.54) is 5.56 Å². The Labute approximate surface area is 190 Å². The van der Waals surface area contributed by atoms with E-state index in [0.717, 1.165) is 27.9 Å². The van der Waals surface area contributed by atoms with Gasteiger partial charge in [0.05, 0.1) is 19.4 Å². The summed E-state index contributed by atoms with van der Waals surface area (Å²) in [7, 11) is 0. The molecule has 7 heteroatoms. The molecular formula is C24H22ClN3O2S. The van der Waals surface area contributed by atoms with E-state index in [-0.39, 0.29) is 5.56 Å². The summed E-state index contributed by atoms with van der Waals surface area (Å²) in [4.78, 5) is 17.7. The topological polar surface area (TPSA) is 61.3 Å². The fraction of sp³-hybridized carbons (Fsp3) is 0.167. The monoisotopic (exact) mass is 451 g/mol. The molecule has 2 aromatic carbocycles. The fourth-order valence-corrected chi connectivity index (χ4v) is 3.84. The number of aryl methyl sites for hydroxylation is 2. The van der Waals surface area contributed by atoms with Crippen LogP contribution in [0.15, 0.2) is 70.1 Å². The first-order valence-corrected chi connectivity index (χ1v) is 10.6. The molecule has 0 aliphatic heterocycles. The summed E-state index contributed by atoms with van der Waals surface area (Å²) in [6, 6.07) is 17.1. The van der Waals surface area contributed by atoms with E-state index in [1.54, 1.807) is 18.4 Å². The first kappa shape index (κ1) is 21.2. The number of aromatic nitrogens is 1. The number of nitrogens with zero attached hydrogens (tertiary/aromatic N) is 1. The molecule has 0 bridgehead atoms. The molecule has 2 heterocycles. The third-order valence-corrected chi connectivity index (χ3v) is 5.78. The molecule has 4 rings (SSSR count). The number of furan rings is 1. The minimum atomic E-state index is -0.134. The Hall–Kier alpha value is -3.09. The van der Waals surface area contributed by atoms with Gasteiger partial charge in [0.25, 0.3) is 5.56 Å². The lowest BCUT2D eigenvalue weighted by atomic mass is 10.0. The molecule has 0 unspecified atom stereocenters. The second-order valence-electron chi connectivity index (χ2n) is 7.52. The van der Waals surface area contributed by atoms with Crippen molar-refractivity contribution in [1.29, 1.82) is 0 Å². The molecule has 2 N–H and O–H groups in total. The smallest absolute Gasteiger partial charge is 0.253 e. The van der Waals surface area contributed by atoms with Crippen LogP contribution >= 0.6 is 23.8 Å². The molecule has 0 aliphatic carbocycles. The number of H-pyrrole nitrogens is 1. The highest BCUT2D eigenvalue weighted by Gasteiger charge is 2.16. The number of hydrogen-bond donors (Lipinski definition) is 2. The largest absolute Gasteiger partial charge is 0.467 e. The summed E-state index contributed by atoms with van der Waals surface area (Å²) >= 11 is 11.8. The average Bonchev–Trinajstić information content (AvgIpc) is 3.23. The van der Waals surface area contributed by atoms with Crippen molar-refractivity contribution in [3.05, 3.63) is 98.7 Å². The number of aromatic amines is 1. The van der Waals surface area contributed by atoms with E-state index < -0.39 is 0 Å². The van der Waals surface area contributed by atoms with Gasteiger partial charge in [-0.25, -0.2) is 0 Å². The van der Waals surface area contributed by atoms with Gasteiger partial charge in [-0.15, -0.1) is 0 Å². The van der Waals surface area contributed by atoms with Gasteiger partial charge in [-0.1, -0.05) is 17.7 Å². The van der Waals surface area contributed by atoms with Crippen LogP contribution in [0.3, 0.4) is 0 Å². The van der Waals surface area contributed by atoms with Gasteiger partial charge in [0, 0.05) is 21.8 Å². The normalized spacial score (nSPS) is 10.9. The highest BCUT2D eigenvalue weighted by atomic mass is 35.5.